The van der Waals surface area contributed by atoms with Gasteiger partial charge in [-0.3, -0.25) is 13.9 Å². The minimum atomic E-state index is -4.76. The predicted octanol–water partition coefficient (Wildman–Crippen LogP) is 5.08. The van der Waals surface area contributed by atoms with Crippen molar-refractivity contribution in [2.75, 3.05) is 30.4 Å². The second-order valence-electron chi connectivity index (χ2n) is 8.95. The van der Waals surface area contributed by atoms with Gasteiger partial charge in [0.2, 0.25) is 5.91 Å². The SMILES string of the molecule is CCC(C)NC(=O)c1ccccc1NC(=O)CN(c1cccc(C(F)(F)F)c1)S(=O)(=O)c1ccc(OC)c(OC)c1. The minimum absolute atomic E-state index is 0.0586. The van der Waals surface area contributed by atoms with Crippen LogP contribution in [0.3, 0.4) is 0 Å². The molecule has 0 aromatic heterocycles. The maximum Gasteiger partial charge on any atom is 0.416 e. The first-order valence-corrected chi connectivity index (χ1v) is 13.9. The van der Waals surface area contributed by atoms with Crippen LogP contribution >= 0.6 is 0 Å². The number of sulfonamides is 1. The highest BCUT2D eigenvalue weighted by molar-refractivity contribution is 7.92. The van der Waals surface area contributed by atoms with E-state index in [0.717, 1.165) is 24.3 Å². The van der Waals surface area contributed by atoms with Crippen molar-refractivity contribution in [3.05, 3.63) is 77.9 Å². The van der Waals surface area contributed by atoms with Crippen molar-refractivity contribution in [2.45, 2.75) is 37.4 Å². The van der Waals surface area contributed by atoms with Crippen molar-refractivity contribution >= 4 is 33.2 Å². The first-order chi connectivity index (χ1) is 19.3. The molecule has 9 nitrogen and oxygen atoms in total. The minimum Gasteiger partial charge on any atom is -0.493 e. The molecule has 0 aliphatic heterocycles. The Morgan fingerprint density at radius 2 is 1.63 bits per heavy atom. The summed E-state index contributed by atoms with van der Waals surface area (Å²) in [6.45, 7) is 2.80. The van der Waals surface area contributed by atoms with E-state index in [1.807, 2.05) is 13.8 Å². The first kappa shape index (κ1) is 31.3. The average Bonchev–Trinajstić information content (AvgIpc) is 2.95. The van der Waals surface area contributed by atoms with Gasteiger partial charge in [-0.25, -0.2) is 8.42 Å². The number of rotatable bonds is 11. The normalized spacial score (nSPS) is 12.3. The van der Waals surface area contributed by atoms with Gasteiger partial charge in [-0.05, 0) is 55.8 Å². The maximum absolute atomic E-state index is 13.8. The second kappa shape index (κ2) is 12.9. The van der Waals surface area contributed by atoms with Crippen molar-refractivity contribution in [1.29, 1.82) is 0 Å². The molecule has 0 heterocycles. The number of ether oxygens (including phenoxy) is 2. The summed E-state index contributed by atoms with van der Waals surface area (Å²) in [5, 5.41) is 5.31. The number of hydrogen-bond acceptors (Lipinski definition) is 6. The summed E-state index contributed by atoms with van der Waals surface area (Å²) in [5.74, 6) is -1.07. The van der Waals surface area contributed by atoms with E-state index in [9.17, 15) is 31.2 Å². The van der Waals surface area contributed by atoms with Crippen LogP contribution in [0.1, 0.15) is 36.2 Å². The van der Waals surface area contributed by atoms with Gasteiger partial charge in [-0.2, -0.15) is 13.2 Å². The van der Waals surface area contributed by atoms with Crippen molar-refractivity contribution in [3.63, 3.8) is 0 Å². The highest BCUT2D eigenvalue weighted by Gasteiger charge is 2.34. The number of carbonyl (C=O) groups is 2. The summed E-state index contributed by atoms with van der Waals surface area (Å²) in [6.07, 6.45) is -4.10. The van der Waals surface area contributed by atoms with Crippen molar-refractivity contribution in [1.82, 2.24) is 5.32 Å². The fourth-order valence-electron chi connectivity index (χ4n) is 3.77. The fraction of sp³-hybridized carbons (Fsp3) is 0.286. The van der Waals surface area contributed by atoms with E-state index >= 15 is 0 Å². The average molecular weight is 594 g/mol. The van der Waals surface area contributed by atoms with Gasteiger partial charge in [0.1, 0.15) is 6.54 Å². The molecule has 0 fully saturated rings. The Balaban J connectivity index is 2.03. The molecule has 0 radical (unpaired) electrons. The van der Waals surface area contributed by atoms with E-state index in [4.69, 9.17) is 9.47 Å². The van der Waals surface area contributed by atoms with Crippen LogP contribution in [0.5, 0.6) is 11.5 Å². The number of amides is 2. The van der Waals surface area contributed by atoms with Crippen LogP contribution in [-0.4, -0.2) is 47.0 Å². The molecule has 0 spiro atoms. The number of halogens is 3. The molecule has 0 aliphatic carbocycles. The van der Waals surface area contributed by atoms with Crippen LogP contribution in [0, 0.1) is 0 Å². The van der Waals surface area contributed by atoms with Crippen LogP contribution in [0.15, 0.2) is 71.6 Å². The van der Waals surface area contributed by atoms with E-state index < -0.39 is 45.8 Å². The Morgan fingerprint density at radius 3 is 2.27 bits per heavy atom. The van der Waals surface area contributed by atoms with Gasteiger partial charge in [-0.1, -0.05) is 25.1 Å². The van der Waals surface area contributed by atoms with Crippen molar-refractivity contribution in [2.24, 2.45) is 0 Å². The van der Waals surface area contributed by atoms with Crippen molar-refractivity contribution < 1.29 is 40.7 Å². The largest absolute Gasteiger partial charge is 0.493 e. The molecule has 13 heteroatoms. The Labute approximate surface area is 236 Å². The standard InChI is InChI=1S/C28H30F3N3O6S/c1-5-18(2)32-27(36)22-11-6-7-12-23(22)33-26(35)17-34(20-10-8-9-19(15-20)28(29,30)31)41(37,38)21-13-14-24(39-3)25(16-21)40-4/h6-16,18H,5,17H2,1-4H3,(H,32,36)(H,33,35). The molecule has 2 amide bonds. The van der Waals surface area contributed by atoms with Crippen LogP contribution in [0.25, 0.3) is 0 Å². The second-order valence-corrected chi connectivity index (χ2v) is 10.8. The molecule has 0 saturated heterocycles. The molecule has 3 rings (SSSR count). The van der Waals surface area contributed by atoms with E-state index in [2.05, 4.69) is 10.6 Å². The molecule has 0 saturated carbocycles. The summed E-state index contributed by atoms with van der Waals surface area (Å²) >= 11 is 0. The maximum atomic E-state index is 13.8. The summed E-state index contributed by atoms with van der Waals surface area (Å²) < 4.78 is 79.0. The van der Waals surface area contributed by atoms with E-state index in [1.165, 1.54) is 38.5 Å². The molecule has 41 heavy (non-hydrogen) atoms. The van der Waals surface area contributed by atoms with Gasteiger partial charge in [0.15, 0.2) is 11.5 Å². The molecular formula is C28H30F3N3O6S. The summed E-state index contributed by atoms with van der Waals surface area (Å²) in [4.78, 5) is 25.6. The Bertz CT molecular complexity index is 1510. The molecule has 3 aromatic rings. The summed E-state index contributed by atoms with van der Waals surface area (Å²) in [7, 11) is -1.97. The van der Waals surface area contributed by atoms with Gasteiger partial charge in [0, 0.05) is 12.1 Å². The van der Waals surface area contributed by atoms with Crippen LogP contribution in [0.2, 0.25) is 0 Å². The van der Waals surface area contributed by atoms with E-state index in [-0.39, 0.29) is 33.7 Å². The number of methoxy groups -OCH3 is 2. The van der Waals surface area contributed by atoms with Gasteiger partial charge >= 0.3 is 6.18 Å². The molecule has 3 aromatic carbocycles. The summed E-state index contributed by atoms with van der Waals surface area (Å²) in [5.41, 5.74) is -1.26. The molecule has 0 bridgehead atoms. The number of alkyl halides is 3. The van der Waals surface area contributed by atoms with Crippen LogP contribution in [-0.2, 0) is 21.0 Å². The van der Waals surface area contributed by atoms with Crippen molar-refractivity contribution in [3.8, 4) is 11.5 Å². The Morgan fingerprint density at radius 1 is 0.951 bits per heavy atom. The van der Waals surface area contributed by atoms with Gasteiger partial charge in [0.05, 0.1) is 41.6 Å². The molecular weight excluding hydrogens is 563 g/mol. The molecule has 1 atom stereocenters. The van der Waals surface area contributed by atoms with E-state index in [0.29, 0.717) is 16.8 Å². The highest BCUT2D eigenvalue weighted by atomic mass is 32.2. The number of anilines is 2. The zero-order valence-electron chi connectivity index (χ0n) is 22.8. The number of nitrogens with one attached hydrogen (secondary N) is 2. The smallest absolute Gasteiger partial charge is 0.416 e. The number of hydrogen-bond donors (Lipinski definition) is 2. The number of benzene rings is 3. The van der Waals surface area contributed by atoms with Crippen LogP contribution < -0.4 is 24.4 Å². The number of carbonyl (C=O) groups excluding carboxylic acids is 2. The lowest BCUT2D eigenvalue weighted by Gasteiger charge is -2.25. The summed E-state index contributed by atoms with van der Waals surface area (Å²) in [6, 6.07) is 13.2. The monoisotopic (exact) mass is 593 g/mol. The molecule has 2 N–H and O–H groups in total. The van der Waals surface area contributed by atoms with Gasteiger partial charge < -0.3 is 20.1 Å². The van der Waals surface area contributed by atoms with Crippen LogP contribution in [0.4, 0.5) is 24.5 Å². The lowest BCUT2D eigenvalue weighted by molar-refractivity contribution is -0.137. The molecule has 1 unspecified atom stereocenters. The quantitative estimate of drug-likeness (QED) is 0.321. The first-order valence-electron chi connectivity index (χ1n) is 12.4. The van der Waals surface area contributed by atoms with E-state index in [1.54, 1.807) is 12.1 Å². The number of para-hydroxylation sites is 1. The lowest BCUT2D eigenvalue weighted by Crippen LogP contribution is -2.39. The highest BCUT2D eigenvalue weighted by Crippen LogP contribution is 2.35. The topological polar surface area (TPSA) is 114 Å². The fourth-order valence-corrected chi connectivity index (χ4v) is 5.20. The van der Waals surface area contributed by atoms with Gasteiger partial charge in [-0.15, -0.1) is 0 Å². The number of nitrogens with zero attached hydrogens (tertiary/aromatic N) is 1. The predicted molar refractivity (Wildman–Crippen MR) is 148 cm³/mol. The third kappa shape index (κ3) is 7.48. The third-order valence-corrected chi connectivity index (χ3v) is 7.90. The Hall–Kier alpha value is -4.26. The Kier molecular flexibility index (Phi) is 9.87. The molecule has 220 valence electrons. The zero-order chi connectivity index (χ0) is 30.4. The lowest BCUT2D eigenvalue weighted by atomic mass is 10.1. The zero-order valence-corrected chi connectivity index (χ0v) is 23.6. The third-order valence-electron chi connectivity index (χ3n) is 6.13. The van der Waals surface area contributed by atoms with Gasteiger partial charge in [0.25, 0.3) is 15.9 Å². The molecule has 0 aliphatic rings.